The van der Waals surface area contributed by atoms with Crippen LogP contribution in [0.15, 0.2) is 126 Å². The van der Waals surface area contributed by atoms with E-state index in [4.69, 9.17) is 5.10 Å². The Hall–Kier alpha value is -3.98. The Morgan fingerprint density at radius 1 is 0.517 bits per heavy atom. The monoisotopic (exact) mass is 376 g/mol. The van der Waals surface area contributed by atoms with Crippen LogP contribution < -0.4 is 5.01 Å². The molecule has 3 nitrogen and oxygen atoms in total. The molecule has 0 saturated heterocycles. The van der Waals surface area contributed by atoms with Crippen LogP contribution in [0, 0.1) is 0 Å². The summed E-state index contributed by atoms with van der Waals surface area (Å²) in [4.78, 5) is 13.4. The minimum atomic E-state index is -0.117. The van der Waals surface area contributed by atoms with Crippen LogP contribution in [0.4, 0.5) is 11.4 Å². The van der Waals surface area contributed by atoms with E-state index in [0.29, 0.717) is 11.3 Å². The van der Waals surface area contributed by atoms with E-state index in [0.717, 1.165) is 16.9 Å². The maximum Gasteiger partial charge on any atom is 0.213 e. The molecule has 140 valence electrons. The van der Waals surface area contributed by atoms with Crippen LogP contribution in [-0.2, 0) is 0 Å². The molecule has 0 aliphatic heterocycles. The lowest BCUT2D eigenvalue weighted by atomic mass is 10.0. The van der Waals surface area contributed by atoms with Gasteiger partial charge in [0.15, 0.2) is 0 Å². The van der Waals surface area contributed by atoms with E-state index in [9.17, 15) is 4.79 Å². The topological polar surface area (TPSA) is 32.7 Å². The van der Waals surface area contributed by atoms with E-state index in [2.05, 4.69) is 0 Å². The number of benzene rings is 4. The van der Waals surface area contributed by atoms with Crippen LogP contribution in [0.2, 0.25) is 0 Å². The van der Waals surface area contributed by atoms with Crippen molar-refractivity contribution in [3.63, 3.8) is 0 Å². The van der Waals surface area contributed by atoms with Gasteiger partial charge in [-0.15, -0.1) is 0 Å². The zero-order valence-corrected chi connectivity index (χ0v) is 15.8. The van der Waals surface area contributed by atoms with Crippen molar-refractivity contribution >= 4 is 22.9 Å². The van der Waals surface area contributed by atoms with Gasteiger partial charge in [-0.3, -0.25) is 4.79 Å². The van der Waals surface area contributed by atoms with E-state index in [1.165, 1.54) is 0 Å². The van der Waals surface area contributed by atoms with Gasteiger partial charge in [-0.05, 0) is 24.3 Å². The third-order valence-electron chi connectivity index (χ3n) is 4.50. The first-order valence-corrected chi connectivity index (χ1v) is 9.47. The Balaban J connectivity index is 1.88. The largest absolute Gasteiger partial charge is 0.287 e. The highest BCUT2D eigenvalue weighted by Crippen LogP contribution is 2.26. The lowest BCUT2D eigenvalue weighted by Crippen LogP contribution is -2.21. The van der Waals surface area contributed by atoms with Crippen molar-refractivity contribution < 1.29 is 4.79 Å². The predicted octanol–water partition coefficient (Wildman–Crippen LogP) is 6.11. The molecule has 4 aromatic carbocycles. The molecule has 0 heterocycles. The Labute approximate surface area is 170 Å². The molecule has 4 rings (SSSR count). The Morgan fingerprint density at radius 2 is 0.897 bits per heavy atom. The number of hydrogen-bond acceptors (Lipinski definition) is 3. The lowest BCUT2D eigenvalue weighted by Gasteiger charge is -2.21. The highest BCUT2D eigenvalue weighted by atomic mass is 16.1. The standard InChI is InChI=1S/C26H20N2O/c29-26(22-15-7-2-8-16-22)25(21-13-5-1-6-14-21)27-28(23-17-9-3-10-18-23)24-19-11-4-12-20-24/h1-20H. The van der Waals surface area contributed by atoms with E-state index >= 15 is 0 Å². The van der Waals surface area contributed by atoms with Gasteiger partial charge in [0, 0.05) is 11.1 Å². The number of para-hydroxylation sites is 2. The van der Waals surface area contributed by atoms with Crippen molar-refractivity contribution in [1.29, 1.82) is 0 Å². The average molecular weight is 376 g/mol. The minimum Gasteiger partial charge on any atom is -0.287 e. The first-order valence-electron chi connectivity index (χ1n) is 9.47. The number of hydrogen-bond donors (Lipinski definition) is 0. The van der Waals surface area contributed by atoms with Gasteiger partial charge >= 0.3 is 0 Å². The van der Waals surface area contributed by atoms with Gasteiger partial charge in [0.1, 0.15) is 5.71 Å². The first-order chi connectivity index (χ1) is 14.3. The van der Waals surface area contributed by atoms with E-state index in [-0.39, 0.29) is 5.78 Å². The van der Waals surface area contributed by atoms with E-state index < -0.39 is 0 Å². The van der Waals surface area contributed by atoms with Crippen molar-refractivity contribution in [2.24, 2.45) is 5.10 Å². The predicted molar refractivity (Wildman–Crippen MR) is 119 cm³/mol. The SMILES string of the molecule is O=C(C(=NN(c1ccccc1)c1ccccc1)c1ccccc1)c1ccccc1. The first kappa shape index (κ1) is 18.4. The Bertz CT molecular complexity index is 1050. The Morgan fingerprint density at radius 3 is 1.34 bits per heavy atom. The summed E-state index contributed by atoms with van der Waals surface area (Å²) in [6, 6.07) is 38.5. The minimum absolute atomic E-state index is 0.117. The maximum absolute atomic E-state index is 13.4. The number of rotatable bonds is 6. The van der Waals surface area contributed by atoms with E-state index in [1.807, 2.05) is 126 Å². The molecule has 4 aromatic rings. The van der Waals surface area contributed by atoms with Gasteiger partial charge in [-0.25, -0.2) is 5.01 Å². The molecule has 0 aliphatic rings. The molecule has 29 heavy (non-hydrogen) atoms. The van der Waals surface area contributed by atoms with Crippen molar-refractivity contribution in [2.75, 3.05) is 5.01 Å². The fourth-order valence-corrected chi connectivity index (χ4v) is 3.06. The van der Waals surface area contributed by atoms with Crippen LogP contribution >= 0.6 is 0 Å². The molecule has 0 amide bonds. The summed E-state index contributed by atoms with van der Waals surface area (Å²) in [5.74, 6) is -0.117. The zero-order chi connectivity index (χ0) is 19.9. The molecule has 0 aromatic heterocycles. The van der Waals surface area contributed by atoms with Gasteiger partial charge in [0.25, 0.3) is 0 Å². The molecule has 0 N–H and O–H groups in total. The second-order valence-corrected chi connectivity index (χ2v) is 6.49. The van der Waals surface area contributed by atoms with Crippen molar-refractivity contribution in [2.45, 2.75) is 0 Å². The normalized spacial score (nSPS) is 11.1. The maximum atomic E-state index is 13.4. The quantitative estimate of drug-likeness (QED) is 0.231. The fraction of sp³-hybridized carbons (Fsp3) is 0. The molecule has 0 unspecified atom stereocenters. The summed E-state index contributed by atoms with van der Waals surface area (Å²) in [7, 11) is 0. The summed E-state index contributed by atoms with van der Waals surface area (Å²) in [5.41, 5.74) is 3.54. The molecule has 3 heteroatoms. The molecule has 0 saturated carbocycles. The third kappa shape index (κ3) is 4.30. The zero-order valence-electron chi connectivity index (χ0n) is 15.8. The van der Waals surface area contributed by atoms with Crippen LogP contribution in [0.5, 0.6) is 0 Å². The summed E-state index contributed by atoms with van der Waals surface area (Å²) in [6.45, 7) is 0. The number of hydrazone groups is 1. The lowest BCUT2D eigenvalue weighted by molar-refractivity contribution is 0.106. The molecular formula is C26H20N2O. The van der Waals surface area contributed by atoms with Gasteiger partial charge in [-0.1, -0.05) is 97.1 Å². The van der Waals surface area contributed by atoms with Crippen LogP contribution in [0.1, 0.15) is 15.9 Å². The average Bonchev–Trinajstić information content (AvgIpc) is 2.82. The second-order valence-electron chi connectivity index (χ2n) is 6.49. The summed E-state index contributed by atoms with van der Waals surface area (Å²) >= 11 is 0. The highest BCUT2D eigenvalue weighted by molar-refractivity contribution is 6.51. The fourth-order valence-electron chi connectivity index (χ4n) is 3.06. The van der Waals surface area contributed by atoms with Crippen LogP contribution in [0.3, 0.4) is 0 Å². The molecule has 0 aliphatic carbocycles. The number of Topliss-reactive ketones (excluding diaryl/α,β-unsaturated/α-hetero) is 1. The molecule has 0 fully saturated rings. The van der Waals surface area contributed by atoms with Crippen LogP contribution in [-0.4, -0.2) is 11.5 Å². The van der Waals surface area contributed by atoms with Gasteiger partial charge in [0.05, 0.1) is 11.4 Å². The number of carbonyl (C=O) groups excluding carboxylic acids is 1. The van der Waals surface area contributed by atoms with Gasteiger partial charge in [0.2, 0.25) is 5.78 Å². The van der Waals surface area contributed by atoms with Crippen molar-refractivity contribution in [1.82, 2.24) is 0 Å². The molecule has 0 radical (unpaired) electrons. The van der Waals surface area contributed by atoms with Crippen molar-refractivity contribution in [3.8, 4) is 0 Å². The summed E-state index contributed by atoms with van der Waals surface area (Å²) < 4.78 is 0. The smallest absolute Gasteiger partial charge is 0.213 e. The molecule has 0 atom stereocenters. The third-order valence-corrected chi connectivity index (χ3v) is 4.50. The van der Waals surface area contributed by atoms with Crippen LogP contribution in [0.25, 0.3) is 0 Å². The van der Waals surface area contributed by atoms with Gasteiger partial charge < -0.3 is 0 Å². The number of ketones is 1. The molecule has 0 spiro atoms. The number of nitrogens with zero attached hydrogens (tertiary/aromatic N) is 2. The summed E-state index contributed by atoms with van der Waals surface area (Å²) in [6.07, 6.45) is 0. The summed E-state index contributed by atoms with van der Waals surface area (Å²) in [5, 5.41) is 6.67. The van der Waals surface area contributed by atoms with E-state index in [1.54, 1.807) is 0 Å². The molecule has 0 bridgehead atoms. The Kier molecular flexibility index (Phi) is 5.58. The molecular weight excluding hydrogens is 356 g/mol. The highest BCUT2D eigenvalue weighted by Gasteiger charge is 2.19. The number of carbonyl (C=O) groups is 1. The second kappa shape index (κ2) is 8.81. The van der Waals surface area contributed by atoms with Gasteiger partial charge in [-0.2, -0.15) is 5.10 Å². The number of anilines is 2. The van der Waals surface area contributed by atoms with Crippen molar-refractivity contribution in [3.05, 3.63) is 132 Å².